The summed E-state index contributed by atoms with van der Waals surface area (Å²) >= 11 is 0. The van der Waals surface area contributed by atoms with Crippen LogP contribution < -0.4 is 5.73 Å². The van der Waals surface area contributed by atoms with E-state index >= 15 is 0 Å². The van der Waals surface area contributed by atoms with E-state index in [0.717, 1.165) is 12.8 Å². The zero-order valence-electron chi connectivity index (χ0n) is 13.0. The van der Waals surface area contributed by atoms with Gasteiger partial charge in [-0.1, -0.05) is 20.8 Å². The fraction of sp³-hybridized carbons (Fsp3) is 0.933. The van der Waals surface area contributed by atoms with Crippen molar-refractivity contribution in [2.24, 2.45) is 23.0 Å². The number of rotatable bonds is 4. The van der Waals surface area contributed by atoms with Gasteiger partial charge in [-0.25, -0.2) is 0 Å². The molecule has 0 aromatic rings. The number of carbonyl (C=O) groups excluding carboxylic acids is 1. The van der Waals surface area contributed by atoms with Crippen molar-refractivity contribution in [1.29, 1.82) is 0 Å². The number of hydrogen-bond acceptors (Lipinski definition) is 3. The van der Waals surface area contributed by atoms with E-state index in [1.165, 1.54) is 0 Å². The van der Waals surface area contributed by atoms with Gasteiger partial charge in [0.05, 0.1) is 6.61 Å². The van der Waals surface area contributed by atoms with Crippen molar-refractivity contribution in [2.45, 2.75) is 59.5 Å². The number of nitrogens with zero attached hydrogens (tertiary/aromatic N) is 1. The Hall–Kier alpha value is -0.610. The van der Waals surface area contributed by atoms with E-state index in [1.54, 1.807) is 4.90 Å². The molecule has 1 rings (SSSR count). The third-order valence-electron chi connectivity index (χ3n) is 5.05. The Morgan fingerprint density at radius 1 is 1.42 bits per heavy atom. The highest BCUT2D eigenvalue weighted by molar-refractivity contribution is 5.80. The Kier molecular flexibility index (Phi) is 5.39. The summed E-state index contributed by atoms with van der Waals surface area (Å²) in [5.41, 5.74) is 6.06. The monoisotopic (exact) mass is 270 g/mol. The Bertz CT molecular complexity index is 315. The molecule has 112 valence electrons. The fourth-order valence-corrected chi connectivity index (χ4v) is 3.22. The molecule has 1 saturated carbocycles. The topological polar surface area (TPSA) is 66.6 Å². The number of hydrogen-bond donors (Lipinski definition) is 2. The van der Waals surface area contributed by atoms with Crippen molar-refractivity contribution in [2.75, 3.05) is 13.2 Å². The molecular formula is C15H30N2O2. The molecule has 0 aromatic heterocycles. The quantitative estimate of drug-likeness (QED) is 0.815. The van der Waals surface area contributed by atoms with Crippen molar-refractivity contribution < 1.29 is 9.90 Å². The number of aliphatic hydroxyl groups excluding tert-OH is 1. The van der Waals surface area contributed by atoms with Gasteiger partial charge in [-0.2, -0.15) is 0 Å². The highest BCUT2D eigenvalue weighted by atomic mass is 16.3. The molecule has 0 heterocycles. The lowest BCUT2D eigenvalue weighted by Crippen LogP contribution is -2.53. The summed E-state index contributed by atoms with van der Waals surface area (Å²) in [5, 5.41) is 9.14. The maximum atomic E-state index is 12.8. The van der Waals surface area contributed by atoms with E-state index in [9.17, 15) is 4.79 Å². The molecule has 0 aromatic carbocycles. The summed E-state index contributed by atoms with van der Waals surface area (Å²) in [7, 11) is 0. The molecule has 3 atom stereocenters. The Labute approximate surface area is 117 Å². The number of nitrogens with two attached hydrogens (primary N) is 1. The molecule has 3 unspecified atom stereocenters. The van der Waals surface area contributed by atoms with Crippen molar-refractivity contribution in [3.63, 3.8) is 0 Å². The van der Waals surface area contributed by atoms with Crippen LogP contribution in [0.15, 0.2) is 0 Å². The minimum absolute atomic E-state index is 0.0104. The van der Waals surface area contributed by atoms with Gasteiger partial charge in [0.2, 0.25) is 5.91 Å². The first-order valence-electron chi connectivity index (χ1n) is 7.40. The molecule has 0 radical (unpaired) electrons. The van der Waals surface area contributed by atoms with Crippen molar-refractivity contribution in [3.8, 4) is 0 Å². The minimum Gasteiger partial charge on any atom is -0.395 e. The van der Waals surface area contributed by atoms with Gasteiger partial charge >= 0.3 is 0 Å². The maximum Gasteiger partial charge on any atom is 0.226 e. The first-order chi connectivity index (χ1) is 8.73. The van der Waals surface area contributed by atoms with Gasteiger partial charge in [-0.15, -0.1) is 0 Å². The van der Waals surface area contributed by atoms with Gasteiger partial charge in [-0.3, -0.25) is 4.79 Å². The average molecular weight is 270 g/mol. The molecule has 3 N–H and O–H groups in total. The minimum atomic E-state index is -0.0860. The predicted molar refractivity (Wildman–Crippen MR) is 77.6 cm³/mol. The Balaban J connectivity index is 2.91. The normalized spacial score (nSPS) is 30.4. The lowest BCUT2D eigenvalue weighted by molar-refractivity contribution is -0.145. The van der Waals surface area contributed by atoms with Crippen molar-refractivity contribution >= 4 is 5.91 Å². The Morgan fingerprint density at radius 2 is 2.00 bits per heavy atom. The molecule has 4 heteroatoms. The lowest BCUT2D eigenvalue weighted by atomic mass is 9.60. The molecule has 0 aliphatic heterocycles. The van der Waals surface area contributed by atoms with Crippen LogP contribution in [-0.4, -0.2) is 41.1 Å². The van der Waals surface area contributed by atoms with E-state index in [4.69, 9.17) is 10.8 Å². The van der Waals surface area contributed by atoms with Crippen molar-refractivity contribution in [1.82, 2.24) is 4.90 Å². The number of amides is 1. The molecule has 1 aliphatic rings. The highest BCUT2D eigenvalue weighted by Gasteiger charge is 2.46. The zero-order valence-corrected chi connectivity index (χ0v) is 13.0. The summed E-state index contributed by atoms with van der Waals surface area (Å²) in [6.45, 7) is 10.9. The largest absolute Gasteiger partial charge is 0.395 e. The van der Waals surface area contributed by atoms with Gasteiger partial charge in [0.15, 0.2) is 0 Å². The first kappa shape index (κ1) is 16.4. The van der Waals surface area contributed by atoms with E-state index < -0.39 is 0 Å². The predicted octanol–water partition coefficient (Wildman–Crippen LogP) is 1.62. The molecule has 0 saturated heterocycles. The zero-order chi connectivity index (χ0) is 14.8. The second kappa shape index (κ2) is 6.23. The molecule has 1 fully saturated rings. The number of carbonyl (C=O) groups is 1. The summed E-state index contributed by atoms with van der Waals surface area (Å²) in [5.74, 6) is 0.516. The van der Waals surface area contributed by atoms with Crippen LogP contribution in [0.3, 0.4) is 0 Å². The van der Waals surface area contributed by atoms with Crippen LogP contribution in [0.25, 0.3) is 0 Å². The second-order valence-corrected chi connectivity index (χ2v) is 6.75. The Morgan fingerprint density at radius 3 is 2.47 bits per heavy atom. The summed E-state index contributed by atoms with van der Waals surface area (Å²) in [4.78, 5) is 14.6. The van der Waals surface area contributed by atoms with Crippen LogP contribution in [0.4, 0.5) is 0 Å². The van der Waals surface area contributed by atoms with Crippen LogP contribution in [0.5, 0.6) is 0 Å². The summed E-state index contributed by atoms with van der Waals surface area (Å²) < 4.78 is 0. The van der Waals surface area contributed by atoms with E-state index in [-0.39, 0.29) is 35.9 Å². The SMILES string of the molecule is CC(C)N(CCO)C(=O)C1CCC(N)C(C)C1(C)C. The van der Waals surface area contributed by atoms with Gasteiger partial charge in [0.25, 0.3) is 0 Å². The van der Waals surface area contributed by atoms with Crippen LogP contribution in [0.1, 0.15) is 47.5 Å². The molecule has 19 heavy (non-hydrogen) atoms. The van der Waals surface area contributed by atoms with Crippen LogP contribution in [0.2, 0.25) is 0 Å². The second-order valence-electron chi connectivity index (χ2n) is 6.75. The summed E-state index contributed by atoms with van der Waals surface area (Å²) in [6, 6.07) is 0.311. The molecule has 0 bridgehead atoms. The lowest BCUT2D eigenvalue weighted by Gasteiger charge is -2.47. The van der Waals surface area contributed by atoms with Gasteiger partial charge in [-0.05, 0) is 38.0 Å². The van der Waals surface area contributed by atoms with Crippen LogP contribution in [-0.2, 0) is 4.79 Å². The molecule has 4 nitrogen and oxygen atoms in total. The summed E-state index contributed by atoms with van der Waals surface area (Å²) in [6.07, 6.45) is 1.76. The highest BCUT2D eigenvalue weighted by Crippen LogP contribution is 2.45. The standard InChI is InChI=1S/C15H30N2O2/c1-10(2)17(8-9-18)14(19)12-6-7-13(16)11(3)15(12,4)5/h10-13,18H,6-9,16H2,1-5H3. The van der Waals surface area contributed by atoms with Gasteiger partial charge < -0.3 is 15.7 Å². The number of aliphatic hydroxyl groups is 1. The molecule has 0 spiro atoms. The molecule has 1 amide bonds. The first-order valence-corrected chi connectivity index (χ1v) is 7.40. The molecule has 1 aliphatic carbocycles. The average Bonchev–Trinajstić information content (AvgIpc) is 2.32. The van der Waals surface area contributed by atoms with Gasteiger partial charge in [0, 0.05) is 24.5 Å². The van der Waals surface area contributed by atoms with E-state index in [2.05, 4.69) is 20.8 Å². The van der Waals surface area contributed by atoms with Gasteiger partial charge in [0.1, 0.15) is 0 Å². The van der Waals surface area contributed by atoms with Crippen LogP contribution >= 0.6 is 0 Å². The third kappa shape index (κ3) is 3.29. The van der Waals surface area contributed by atoms with Crippen LogP contribution in [0, 0.1) is 17.3 Å². The molecular weight excluding hydrogens is 240 g/mol. The maximum absolute atomic E-state index is 12.8. The third-order valence-corrected chi connectivity index (χ3v) is 5.05. The fourth-order valence-electron chi connectivity index (χ4n) is 3.22. The van der Waals surface area contributed by atoms with E-state index in [0.29, 0.717) is 12.5 Å². The smallest absolute Gasteiger partial charge is 0.226 e. The van der Waals surface area contributed by atoms with Crippen molar-refractivity contribution in [3.05, 3.63) is 0 Å². The van der Waals surface area contributed by atoms with E-state index in [1.807, 2.05) is 13.8 Å².